The number of rotatable bonds is 40. The molecule has 0 aromatic heterocycles. The van der Waals surface area contributed by atoms with Gasteiger partial charge in [0.1, 0.15) is 0 Å². The van der Waals surface area contributed by atoms with Crippen molar-refractivity contribution in [1.29, 1.82) is 0 Å². The van der Waals surface area contributed by atoms with Gasteiger partial charge in [0, 0.05) is 0 Å². The van der Waals surface area contributed by atoms with E-state index in [1.807, 2.05) is 0 Å². The van der Waals surface area contributed by atoms with Crippen LogP contribution in [-0.2, 0) is 0 Å². The summed E-state index contributed by atoms with van der Waals surface area (Å²) in [4.78, 5) is 0. The van der Waals surface area contributed by atoms with E-state index in [0.717, 1.165) is 150 Å². The Morgan fingerprint density at radius 2 is 0.455 bits per heavy atom. The normalized spacial score (nSPS) is 11.8. The van der Waals surface area contributed by atoms with Gasteiger partial charge in [-0.25, -0.2) is 0 Å². The van der Waals surface area contributed by atoms with Crippen LogP contribution < -0.4 is 28.4 Å². The van der Waals surface area contributed by atoms with Crippen LogP contribution >= 0.6 is 33.2 Å². The Labute approximate surface area is 415 Å². The average molecular weight is 991 g/mol. The number of ether oxygens (including phenoxy) is 6. The first-order chi connectivity index (χ1) is 32.2. The van der Waals surface area contributed by atoms with Crippen molar-refractivity contribution in [1.82, 2.24) is 0 Å². The van der Waals surface area contributed by atoms with Crippen LogP contribution in [0.25, 0.3) is 32.3 Å². The van der Waals surface area contributed by atoms with Gasteiger partial charge in [-0.2, -0.15) is 0 Å². The van der Waals surface area contributed by atoms with Crippen molar-refractivity contribution in [2.45, 2.75) is 208 Å². The molecule has 4 aromatic rings. The highest BCUT2D eigenvalue weighted by molar-refractivity contribution is 7.64. The fourth-order valence-corrected chi connectivity index (χ4v) is 10.3. The molecule has 0 aliphatic carbocycles. The highest BCUT2D eigenvalue weighted by Gasteiger charge is 2.24. The van der Waals surface area contributed by atoms with Gasteiger partial charge in [-0.1, -0.05) is 163 Å². The van der Waals surface area contributed by atoms with Gasteiger partial charge in [-0.05, 0) is 113 Å². The monoisotopic (exact) mass is 989 g/mol. The van der Waals surface area contributed by atoms with Crippen LogP contribution in [0.2, 0.25) is 6.04 Å². The molecule has 0 fully saturated rings. The maximum Gasteiger partial charge on any atom is 0.341 e. The number of fused-ring (bicyclic) bond motifs is 6. The minimum Gasteiger partial charge on any atom is -0.490 e. The Hall–Kier alpha value is -2.45. The van der Waals surface area contributed by atoms with Gasteiger partial charge in [0.15, 0.2) is 34.5 Å². The number of halogens is 3. The summed E-state index contributed by atoms with van der Waals surface area (Å²) in [5.74, 6) is 4.73. The van der Waals surface area contributed by atoms with E-state index in [9.17, 15) is 0 Å². The second kappa shape index (κ2) is 33.1. The molecule has 0 heterocycles. The SMILES string of the molecule is CCCCOc1cc2c3cc(OCCCC)c(OCCCC)cc3c3cc(OCCCCCCCCCCCCCCCCCC[Si](Cl)(Cl)Cl)c(OCCCC)cc3c2cc1OCCCC. The van der Waals surface area contributed by atoms with Gasteiger partial charge in [-0.15, -0.1) is 33.2 Å². The van der Waals surface area contributed by atoms with Crippen molar-refractivity contribution in [3.8, 4) is 34.5 Å². The van der Waals surface area contributed by atoms with Gasteiger partial charge in [0.25, 0.3) is 0 Å². The Bertz CT molecular complexity index is 1890. The second-order valence-corrected chi connectivity index (χ2v) is 27.7. The highest BCUT2D eigenvalue weighted by Crippen LogP contribution is 2.47. The molecule has 0 bridgehead atoms. The summed E-state index contributed by atoms with van der Waals surface area (Å²) in [6, 6.07) is 11.6. The molecule has 372 valence electrons. The molecular weight excluding hydrogens is 903 g/mol. The van der Waals surface area contributed by atoms with E-state index in [0.29, 0.717) is 39.6 Å². The van der Waals surface area contributed by atoms with Crippen LogP contribution in [0.5, 0.6) is 34.5 Å². The van der Waals surface area contributed by atoms with E-state index in [-0.39, 0.29) is 0 Å². The first kappa shape index (κ1) is 56.1. The molecule has 0 aliphatic heterocycles. The van der Waals surface area contributed by atoms with Crippen LogP contribution in [-0.4, -0.2) is 45.6 Å². The summed E-state index contributed by atoms with van der Waals surface area (Å²) in [5, 5.41) is 6.57. The van der Waals surface area contributed by atoms with E-state index in [1.54, 1.807) is 0 Å². The summed E-state index contributed by atoms with van der Waals surface area (Å²) < 4.78 is 39.2. The molecule has 0 spiro atoms. The number of unbranched alkanes of at least 4 members (excludes halogenated alkanes) is 20. The smallest absolute Gasteiger partial charge is 0.341 e. The first-order valence-corrected chi connectivity index (χ1v) is 31.9. The number of benzene rings is 4. The van der Waals surface area contributed by atoms with Crippen molar-refractivity contribution < 1.29 is 28.4 Å². The molecule has 4 aromatic carbocycles. The summed E-state index contributed by atoms with van der Waals surface area (Å²) in [7, 11) is 0. The molecule has 0 atom stereocenters. The molecule has 0 aliphatic rings. The molecule has 0 saturated heterocycles. The van der Waals surface area contributed by atoms with Crippen LogP contribution in [0.15, 0.2) is 36.4 Å². The third-order valence-electron chi connectivity index (χ3n) is 12.5. The zero-order valence-electron chi connectivity index (χ0n) is 41.9. The van der Waals surface area contributed by atoms with Gasteiger partial charge in [0.2, 0.25) is 0 Å². The summed E-state index contributed by atoms with van der Waals surface area (Å²) in [6.45, 7) is 14.8. The van der Waals surface area contributed by atoms with E-state index in [1.165, 1.54) is 89.9 Å². The minimum absolute atomic E-state index is 0.640. The second-order valence-electron chi connectivity index (χ2n) is 18.4. The Balaban J connectivity index is 1.49. The molecule has 0 N–H and O–H groups in total. The average Bonchev–Trinajstić information content (AvgIpc) is 3.30. The minimum atomic E-state index is -2.43. The van der Waals surface area contributed by atoms with E-state index >= 15 is 0 Å². The summed E-state index contributed by atoms with van der Waals surface area (Å²) >= 11 is 18.0. The van der Waals surface area contributed by atoms with Crippen LogP contribution in [0.4, 0.5) is 0 Å². The maximum atomic E-state index is 6.70. The maximum absolute atomic E-state index is 6.70. The molecule has 66 heavy (non-hydrogen) atoms. The Morgan fingerprint density at radius 1 is 0.273 bits per heavy atom. The molecule has 0 unspecified atom stereocenters. The quantitative estimate of drug-likeness (QED) is 0.0192. The van der Waals surface area contributed by atoms with Crippen molar-refractivity contribution in [3.05, 3.63) is 36.4 Å². The van der Waals surface area contributed by atoms with Crippen LogP contribution in [0.1, 0.15) is 202 Å². The molecule has 0 amide bonds. The van der Waals surface area contributed by atoms with Crippen LogP contribution in [0.3, 0.4) is 0 Å². The molecular formula is C56H87Cl3O6Si. The molecule has 6 nitrogen and oxygen atoms in total. The van der Waals surface area contributed by atoms with E-state index in [2.05, 4.69) is 71.0 Å². The summed E-state index contributed by atoms with van der Waals surface area (Å²) in [5.41, 5.74) is 0. The number of hydrogen-bond donors (Lipinski definition) is 0. The lowest BCUT2D eigenvalue weighted by Crippen LogP contribution is -2.07. The van der Waals surface area contributed by atoms with E-state index < -0.39 is 6.00 Å². The zero-order chi connectivity index (χ0) is 47.2. The van der Waals surface area contributed by atoms with Crippen molar-refractivity contribution >= 4 is 71.6 Å². The fraction of sp³-hybridized carbons (Fsp3) is 0.679. The van der Waals surface area contributed by atoms with Gasteiger partial charge < -0.3 is 28.4 Å². The van der Waals surface area contributed by atoms with Crippen molar-refractivity contribution in [3.63, 3.8) is 0 Å². The standard InChI is InChI=1S/C56H87Cl3O6Si/c1-6-11-32-60-51-39-45-46-40-52(61-33-12-7-2)54(63-35-14-9-4)42-48(46)50-44-56(55(64-36-15-10-5)43-49(50)47(45)41-53(51)62-34-13-8-3)65-37-30-28-26-24-22-20-18-16-17-19-21-23-25-27-29-31-38-66(57,58)59/h39-44H,6-38H2,1-5H3. The fourth-order valence-electron chi connectivity index (χ4n) is 8.41. The topological polar surface area (TPSA) is 55.4 Å². The first-order valence-electron chi connectivity index (χ1n) is 26.6. The molecule has 0 saturated carbocycles. The predicted molar refractivity (Wildman–Crippen MR) is 288 cm³/mol. The zero-order valence-corrected chi connectivity index (χ0v) is 45.1. The lowest BCUT2D eigenvalue weighted by atomic mass is 9.93. The molecule has 0 radical (unpaired) electrons. The molecule has 4 rings (SSSR count). The summed E-state index contributed by atoms with van der Waals surface area (Å²) in [6.07, 6.45) is 30.6. The predicted octanol–water partition coefficient (Wildman–Crippen LogP) is 19.3. The lowest BCUT2D eigenvalue weighted by molar-refractivity contribution is 0.260. The van der Waals surface area contributed by atoms with Gasteiger partial charge in [-0.3, -0.25) is 0 Å². The third kappa shape index (κ3) is 20.3. The van der Waals surface area contributed by atoms with Crippen molar-refractivity contribution in [2.24, 2.45) is 0 Å². The Morgan fingerprint density at radius 3 is 0.652 bits per heavy atom. The van der Waals surface area contributed by atoms with Crippen LogP contribution in [0, 0.1) is 0 Å². The largest absolute Gasteiger partial charge is 0.490 e. The third-order valence-corrected chi connectivity index (χ3v) is 15.1. The van der Waals surface area contributed by atoms with Gasteiger partial charge >= 0.3 is 6.00 Å². The number of hydrogen-bond acceptors (Lipinski definition) is 6. The lowest BCUT2D eigenvalue weighted by Gasteiger charge is -2.20. The highest BCUT2D eigenvalue weighted by atomic mass is 35.8. The van der Waals surface area contributed by atoms with Gasteiger partial charge in [0.05, 0.1) is 39.6 Å². The van der Waals surface area contributed by atoms with Crippen molar-refractivity contribution in [2.75, 3.05) is 39.6 Å². The molecule has 10 heteroatoms. The van der Waals surface area contributed by atoms with E-state index in [4.69, 9.17) is 61.7 Å². The Kier molecular flexibility index (Phi) is 28.2.